The second kappa shape index (κ2) is 8.51. The molecule has 0 aromatic heterocycles. The van der Waals surface area contributed by atoms with E-state index in [0.29, 0.717) is 13.0 Å². The Labute approximate surface area is 135 Å². The molecule has 0 bridgehead atoms. The topological polar surface area (TPSA) is 67.5 Å². The smallest absolute Gasteiger partial charge is 0.125 e. The Morgan fingerprint density at radius 2 is 2.00 bits per heavy atom. The van der Waals surface area contributed by atoms with Gasteiger partial charge in [0.25, 0.3) is 0 Å². The molecule has 22 heavy (non-hydrogen) atoms. The van der Waals surface area contributed by atoms with Crippen LogP contribution in [0.5, 0.6) is 5.75 Å². The standard InChI is InChI=1S/C18H32N2O2/c1-6-11-22-16-8-7-13(18(2,3)4)12-14(16)17(21)15(19)9-10-20-5/h7-8,12,15,17,20-21H,6,9-11,19H2,1-5H3. The maximum Gasteiger partial charge on any atom is 0.125 e. The minimum Gasteiger partial charge on any atom is -0.493 e. The molecular weight excluding hydrogens is 276 g/mol. The molecule has 0 aliphatic rings. The van der Waals surface area contributed by atoms with Crippen molar-refractivity contribution in [1.82, 2.24) is 5.32 Å². The van der Waals surface area contributed by atoms with Gasteiger partial charge >= 0.3 is 0 Å². The second-order valence-corrected chi connectivity index (χ2v) is 6.85. The highest BCUT2D eigenvalue weighted by molar-refractivity contribution is 5.41. The first-order valence-electron chi connectivity index (χ1n) is 8.16. The molecule has 1 aromatic rings. The lowest BCUT2D eigenvalue weighted by Gasteiger charge is -2.25. The lowest BCUT2D eigenvalue weighted by molar-refractivity contribution is 0.137. The van der Waals surface area contributed by atoms with E-state index in [4.69, 9.17) is 10.5 Å². The van der Waals surface area contributed by atoms with Crippen molar-refractivity contribution in [2.75, 3.05) is 20.2 Å². The van der Waals surface area contributed by atoms with Gasteiger partial charge in [-0.3, -0.25) is 0 Å². The van der Waals surface area contributed by atoms with E-state index in [1.54, 1.807) is 0 Å². The summed E-state index contributed by atoms with van der Waals surface area (Å²) in [5, 5.41) is 13.7. The molecule has 0 saturated carbocycles. The largest absolute Gasteiger partial charge is 0.493 e. The van der Waals surface area contributed by atoms with Crippen molar-refractivity contribution < 1.29 is 9.84 Å². The van der Waals surface area contributed by atoms with Crippen LogP contribution in [0.25, 0.3) is 0 Å². The van der Waals surface area contributed by atoms with Gasteiger partial charge in [-0.05, 0) is 49.5 Å². The number of nitrogens with two attached hydrogens (primary N) is 1. The molecule has 0 radical (unpaired) electrons. The van der Waals surface area contributed by atoms with Crippen molar-refractivity contribution in [1.29, 1.82) is 0 Å². The van der Waals surface area contributed by atoms with Gasteiger partial charge in [-0.2, -0.15) is 0 Å². The van der Waals surface area contributed by atoms with Gasteiger partial charge in [0.15, 0.2) is 0 Å². The van der Waals surface area contributed by atoms with Crippen LogP contribution < -0.4 is 15.8 Å². The van der Waals surface area contributed by atoms with E-state index in [2.05, 4.69) is 39.1 Å². The average Bonchev–Trinajstić information content (AvgIpc) is 2.48. The summed E-state index contributed by atoms with van der Waals surface area (Å²) in [7, 11) is 1.88. The Morgan fingerprint density at radius 1 is 1.32 bits per heavy atom. The summed E-state index contributed by atoms with van der Waals surface area (Å²) in [5.74, 6) is 0.738. The number of hydrogen-bond donors (Lipinski definition) is 3. The van der Waals surface area contributed by atoms with Crippen molar-refractivity contribution in [3.05, 3.63) is 29.3 Å². The summed E-state index contributed by atoms with van der Waals surface area (Å²) >= 11 is 0. The molecule has 2 unspecified atom stereocenters. The fourth-order valence-electron chi connectivity index (χ4n) is 2.29. The number of ether oxygens (including phenoxy) is 1. The number of hydrogen-bond acceptors (Lipinski definition) is 4. The third-order valence-corrected chi connectivity index (χ3v) is 3.79. The van der Waals surface area contributed by atoms with Crippen molar-refractivity contribution >= 4 is 0 Å². The molecule has 4 heteroatoms. The highest BCUT2D eigenvalue weighted by Crippen LogP contribution is 2.33. The predicted molar refractivity (Wildman–Crippen MR) is 92.4 cm³/mol. The number of aliphatic hydroxyl groups is 1. The van der Waals surface area contributed by atoms with Crippen LogP contribution in [-0.4, -0.2) is 31.3 Å². The third kappa shape index (κ3) is 5.27. The molecule has 0 aliphatic heterocycles. The summed E-state index contributed by atoms with van der Waals surface area (Å²) < 4.78 is 5.80. The number of nitrogens with one attached hydrogen (secondary N) is 1. The summed E-state index contributed by atoms with van der Waals surface area (Å²) in [6.07, 6.45) is 0.926. The van der Waals surface area contributed by atoms with Gasteiger partial charge in [-0.15, -0.1) is 0 Å². The zero-order valence-corrected chi connectivity index (χ0v) is 14.6. The van der Waals surface area contributed by atoms with E-state index in [9.17, 15) is 5.11 Å². The Morgan fingerprint density at radius 3 is 2.55 bits per heavy atom. The van der Waals surface area contributed by atoms with Gasteiger partial charge < -0.3 is 20.9 Å². The highest BCUT2D eigenvalue weighted by atomic mass is 16.5. The lowest BCUT2D eigenvalue weighted by atomic mass is 9.84. The van der Waals surface area contributed by atoms with Gasteiger partial charge in [0, 0.05) is 11.6 Å². The quantitative estimate of drug-likeness (QED) is 0.691. The number of benzene rings is 1. The van der Waals surface area contributed by atoms with Crippen LogP contribution in [0.1, 0.15) is 57.8 Å². The average molecular weight is 308 g/mol. The second-order valence-electron chi connectivity index (χ2n) is 6.85. The molecule has 0 fully saturated rings. The fourth-order valence-corrected chi connectivity index (χ4v) is 2.29. The highest BCUT2D eigenvalue weighted by Gasteiger charge is 2.23. The molecular formula is C18H32N2O2. The van der Waals surface area contributed by atoms with Crippen LogP contribution in [0.2, 0.25) is 0 Å². The monoisotopic (exact) mass is 308 g/mol. The van der Waals surface area contributed by atoms with Gasteiger partial charge in [0.05, 0.1) is 12.7 Å². The van der Waals surface area contributed by atoms with Gasteiger partial charge in [0.1, 0.15) is 5.75 Å². The first kappa shape index (κ1) is 18.9. The molecule has 0 saturated heterocycles. The molecule has 4 nitrogen and oxygen atoms in total. The summed E-state index contributed by atoms with van der Waals surface area (Å²) in [4.78, 5) is 0. The summed E-state index contributed by atoms with van der Waals surface area (Å²) in [6, 6.07) is 5.75. The Hall–Kier alpha value is -1.10. The van der Waals surface area contributed by atoms with Crippen LogP contribution in [0, 0.1) is 0 Å². The molecule has 126 valence electrons. The van der Waals surface area contributed by atoms with E-state index in [1.807, 2.05) is 19.2 Å². The first-order valence-corrected chi connectivity index (χ1v) is 8.16. The zero-order valence-electron chi connectivity index (χ0n) is 14.6. The van der Waals surface area contributed by atoms with Crippen LogP contribution in [-0.2, 0) is 5.41 Å². The van der Waals surface area contributed by atoms with E-state index in [1.165, 1.54) is 5.56 Å². The number of rotatable bonds is 8. The normalized spacial score (nSPS) is 14.7. The molecule has 0 spiro atoms. The maximum absolute atomic E-state index is 10.7. The van der Waals surface area contributed by atoms with Gasteiger partial charge in [-0.1, -0.05) is 33.8 Å². The molecule has 4 N–H and O–H groups in total. The van der Waals surface area contributed by atoms with Crippen LogP contribution in [0.3, 0.4) is 0 Å². The summed E-state index contributed by atoms with van der Waals surface area (Å²) in [6.45, 7) is 9.96. The predicted octanol–water partition coefficient (Wildman–Crippen LogP) is 2.74. The first-order chi connectivity index (χ1) is 10.3. The van der Waals surface area contributed by atoms with Gasteiger partial charge in [-0.25, -0.2) is 0 Å². The zero-order chi connectivity index (χ0) is 16.8. The van der Waals surface area contributed by atoms with E-state index in [-0.39, 0.29) is 11.5 Å². The van der Waals surface area contributed by atoms with E-state index in [0.717, 1.165) is 24.3 Å². The fraction of sp³-hybridized carbons (Fsp3) is 0.667. The Kier molecular flexibility index (Phi) is 7.33. The summed E-state index contributed by atoms with van der Waals surface area (Å²) in [5.41, 5.74) is 8.14. The molecule has 1 rings (SSSR count). The van der Waals surface area contributed by atoms with Crippen LogP contribution in [0.4, 0.5) is 0 Å². The van der Waals surface area contributed by atoms with E-state index < -0.39 is 6.10 Å². The number of aliphatic hydroxyl groups excluding tert-OH is 1. The lowest BCUT2D eigenvalue weighted by Crippen LogP contribution is -2.32. The minimum absolute atomic E-state index is 0.0207. The van der Waals surface area contributed by atoms with Crippen LogP contribution >= 0.6 is 0 Å². The SMILES string of the molecule is CCCOc1ccc(C(C)(C)C)cc1C(O)C(N)CCNC. The molecule has 0 amide bonds. The van der Waals surface area contributed by atoms with Crippen molar-refractivity contribution in [3.8, 4) is 5.75 Å². The third-order valence-electron chi connectivity index (χ3n) is 3.79. The minimum atomic E-state index is -0.720. The molecule has 0 heterocycles. The van der Waals surface area contributed by atoms with Crippen molar-refractivity contribution in [2.45, 2.75) is 58.1 Å². The molecule has 0 aliphatic carbocycles. The Balaban J connectivity index is 3.09. The van der Waals surface area contributed by atoms with E-state index >= 15 is 0 Å². The Bertz CT molecular complexity index is 455. The maximum atomic E-state index is 10.7. The molecule has 1 aromatic carbocycles. The van der Waals surface area contributed by atoms with Crippen molar-refractivity contribution in [2.24, 2.45) is 5.73 Å². The van der Waals surface area contributed by atoms with Crippen molar-refractivity contribution in [3.63, 3.8) is 0 Å². The van der Waals surface area contributed by atoms with Crippen LogP contribution in [0.15, 0.2) is 18.2 Å². The molecule has 2 atom stereocenters. The van der Waals surface area contributed by atoms with Gasteiger partial charge in [0.2, 0.25) is 0 Å².